The van der Waals surface area contributed by atoms with Gasteiger partial charge in [-0.1, -0.05) is 30.3 Å². The van der Waals surface area contributed by atoms with Gasteiger partial charge in [-0.3, -0.25) is 9.69 Å². The van der Waals surface area contributed by atoms with E-state index >= 15 is 0 Å². The van der Waals surface area contributed by atoms with E-state index < -0.39 is 0 Å². The molecule has 0 N–H and O–H groups in total. The number of amidine groups is 1. The molecule has 0 saturated carbocycles. The molecule has 116 valence electrons. The van der Waals surface area contributed by atoms with Crippen LogP contribution in [0.1, 0.15) is 19.3 Å². The van der Waals surface area contributed by atoms with Crippen LogP contribution in [0.4, 0.5) is 17.1 Å². The third-order valence-electron chi connectivity index (χ3n) is 4.42. The van der Waals surface area contributed by atoms with Crippen molar-refractivity contribution in [2.75, 3.05) is 18.0 Å². The second kappa shape index (κ2) is 5.88. The first-order valence-corrected chi connectivity index (χ1v) is 8.12. The van der Waals surface area contributed by atoms with Gasteiger partial charge in [0.25, 0.3) is 0 Å². The van der Waals surface area contributed by atoms with Crippen LogP contribution in [0.5, 0.6) is 0 Å². The largest absolute Gasteiger partial charge is 0.360 e. The van der Waals surface area contributed by atoms with Crippen LogP contribution in [0.15, 0.2) is 59.6 Å². The summed E-state index contributed by atoms with van der Waals surface area (Å²) in [4.78, 5) is 21.8. The van der Waals surface area contributed by atoms with Crippen molar-refractivity contribution in [3.8, 4) is 0 Å². The Morgan fingerprint density at radius 2 is 1.57 bits per heavy atom. The van der Waals surface area contributed by atoms with Gasteiger partial charge in [-0.2, -0.15) is 0 Å². The fourth-order valence-corrected chi connectivity index (χ4v) is 3.29. The average Bonchev–Trinajstić information content (AvgIpc) is 3.07. The summed E-state index contributed by atoms with van der Waals surface area (Å²) in [5.74, 6) is 0.977. The number of para-hydroxylation sites is 3. The zero-order valence-electron chi connectivity index (χ0n) is 13.0. The number of fused-ring (bicyclic) bond motifs is 1. The minimum absolute atomic E-state index is 0.0757. The van der Waals surface area contributed by atoms with Crippen LogP contribution in [0.25, 0.3) is 0 Å². The molecule has 2 heterocycles. The average molecular weight is 305 g/mol. The Kier molecular flexibility index (Phi) is 3.58. The Morgan fingerprint density at radius 1 is 0.870 bits per heavy atom. The van der Waals surface area contributed by atoms with Gasteiger partial charge in [-0.05, 0) is 37.1 Å². The van der Waals surface area contributed by atoms with Crippen molar-refractivity contribution < 1.29 is 4.79 Å². The molecule has 1 amide bonds. The Hall–Kier alpha value is -2.62. The Labute approximate surface area is 136 Å². The molecule has 0 spiro atoms. The fourth-order valence-electron chi connectivity index (χ4n) is 3.29. The number of benzene rings is 2. The van der Waals surface area contributed by atoms with E-state index in [1.54, 1.807) is 4.90 Å². The molecule has 2 aromatic rings. The van der Waals surface area contributed by atoms with Crippen LogP contribution in [-0.2, 0) is 4.79 Å². The molecule has 2 aromatic carbocycles. The zero-order valence-corrected chi connectivity index (χ0v) is 13.0. The van der Waals surface area contributed by atoms with Gasteiger partial charge in [0, 0.05) is 18.8 Å². The van der Waals surface area contributed by atoms with Gasteiger partial charge < -0.3 is 4.90 Å². The molecule has 0 aliphatic carbocycles. The minimum Gasteiger partial charge on any atom is -0.360 e. The monoisotopic (exact) mass is 305 g/mol. The lowest BCUT2D eigenvalue weighted by molar-refractivity contribution is -0.116. The van der Waals surface area contributed by atoms with Crippen molar-refractivity contribution in [2.24, 2.45) is 4.99 Å². The van der Waals surface area contributed by atoms with E-state index in [2.05, 4.69) is 4.90 Å². The van der Waals surface area contributed by atoms with Crippen LogP contribution < -0.4 is 4.90 Å². The number of anilines is 2. The van der Waals surface area contributed by atoms with E-state index in [0.29, 0.717) is 6.42 Å². The summed E-state index contributed by atoms with van der Waals surface area (Å²) in [6, 6.07) is 17.7. The molecule has 0 radical (unpaired) electrons. The highest BCUT2D eigenvalue weighted by Crippen LogP contribution is 2.37. The number of aliphatic imine (C=N–C) groups is 1. The first kappa shape index (κ1) is 14.0. The molecular formula is C19H19N3O. The molecule has 4 rings (SSSR count). The molecule has 4 nitrogen and oxygen atoms in total. The van der Waals surface area contributed by atoms with E-state index in [1.807, 2.05) is 54.6 Å². The van der Waals surface area contributed by atoms with Crippen LogP contribution in [0.3, 0.4) is 0 Å². The van der Waals surface area contributed by atoms with Gasteiger partial charge in [0.2, 0.25) is 5.91 Å². The number of carbonyl (C=O) groups excluding carboxylic acids is 1. The van der Waals surface area contributed by atoms with Gasteiger partial charge in [-0.25, -0.2) is 4.99 Å². The summed E-state index contributed by atoms with van der Waals surface area (Å²) in [5, 5.41) is 0. The van der Waals surface area contributed by atoms with Crippen molar-refractivity contribution >= 4 is 28.8 Å². The number of carbonyl (C=O) groups is 1. The zero-order chi connectivity index (χ0) is 15.6. The Bertz CT molecular complexity index is 748. The van der Waals surface area contributed by atoms with E-state index in [0.717, 1.165) is 36.0 Å². The third-order valence-corrected chi connectivity index (χ3v) is 4.42. The van der Waals surface area contributed by atoms with E-state index in [4.69, 9.17) is 4.99 Å². The Balaban J connectivity index is 1.80. The summed E-state index contributed by atoms with van der Waals surface area (Å²) >= 11 is 0. The predicted molar refractivity (Wildman–Crippen MR) is 92.5 cm³/mol. The second-order valence-corrected chi connectivity index (χ2v) is 5.95. The van der Waals surface area contributed by atoms with Crippen LogP contribution in [0.2, 0.25) is 0 Å². The maximum absolute atomic E-state index is 13.0. The number of amides is 1. The molecule has 1 fully saturated rings. The van der Waals surface area contributed by atoms with Crippen LogP contribution in [-0.4, -0.2) is 29.7 Å². The maximum atomic E-state index is 13.0. The van der Waals surface area contributed by atoms with Crippen LogP contribution in [0, 0.1) is 0 Å². The highest BCUT2D eigenvalue weighted by atomic mass is 16.2. The van der Waals surface area contributed by atoms with E-state index in [9.17, 15) is 4.79 Å². The number of hydrogen-bond acceptors (Lipinski definition) is 3. The minimum atomic E-state index is 0.0757. The van der Waals surface area contributed by atoms with Gasteiger partial charge in [-0.15, -0.1) is 0 Å². The van der Waals surface area contributed by atoms with Crippen molar-refractivity contribution in [3.63, 3.8) is 0 Å². The predicted octanol–water partition coefficient (Wildman–Crippen LogP) is 3.88. The van der Waals surface area contributed by atoms with Crippen molar-refractivity contribution in [2.45, 2.75) is 19.3 Å². The summed E-state index contributed by atoms with van der Waals surface area (Å²) in [5.41, 5.74) is 2.62. The van der Waals surface area contributed by atoms with Crippen molar-refractivity contribution in [1.29, 1.82) is 0 Å². The topological polar surface area (TPSA) is 35.9 Å². The molecular weight excluding hydrogens is 286 g/mol. The lowest BCUT2D eigenvalue weighted by atomic mass is 10.2. The normalized spacial score (nSPS) is 17.7. The van der Waals surface area contributed by atoms with E-state index in [1.165, 1.54) is 12.8 Å². The van der Waals surface area contributed by atoms with Crippen molar-refractivity contribution in [1.82, 2.24) is 4.90 Å². The number of likely N-dealkylation sites (tertiary alicyclic amines) is 1. The first-order chi connectivity index (χ1) is 11.3. The SMILES string of the molecule is O=C1CC(N2CCCC2)=Nc2ccccc2N1c1ccccc1. The highest BCUT2D eigenvalue weighted by molar-refractivity contribution is 6.14. The van der Waals surface area contributed by atoms with Gasteiger partial charge in [0.15, 0.2) is 0 Å². The van der Waals surface area contributed by atoms with Gasteiger partial charge in [0.1, 0.15) is 5.84 Å². The van der Waals surface area contributed by atoms with Gasteiger partial charge in [0.05, 0.1) is 17.8 Å². The highest BCUT2D eigenvalue weighted by Gasteiger charge is 2.28. The molecule has 4 heteroatoms. The molecule has 0 unspecified atom stereocenters. The first-order valence-electron chi connectivity index (χ1n) is 8.12. The molecule has 23 heavy (non-hydrogen) atoms. The summed E-state index contributed by atoms with van der Waals surface area (Å²) in [6.45, 7) is 2.00. The number of nitrogens with zero attached hydrogens (tertiary/aromatic N) is 3. The molecule has 2 aliphatic rings. The quantitative estimate of drug-likeness (QED) is 0.801. The van der Waals surface area contributed by atoms with E-state index in [-0.39, 0.29) is 5.91 Å². The summed E-state index contributed by atoms with van der Waals surface area (Å²) < 4.78 is 0. The molecule has 2 aliphatic heterocycles. The summed E-state index contributed by atoms with van der Waals surface area (Å²) in [6.07, 6.45) is 2.71. The fraction of sp³-hybridized carbons (Fsp3) is 0.263. The number of hydrogen-bond donors (Lipinski definition) is 0. The molecule has 0 bridgehead atoms. The van der Waals surface area contributed by atoms with Gasteiger partial charge >= 0.3 is 0 Å². The standard InChI is InChI=1S/C19H19N3O/c23-19-14-18(21-12-6-7-13-21)20-16-10-4-5-11-17(16)22(19)15-8-2-1-3-9-15/h1-5,8-11H,6-7,12-14H2. The Morgan fingerprint density at radius 3 is 2.35 bits per heavy atom. The van der Waals surface area contributed by atoms with Crippen molar-refractivity contribution in [3.05, 3.63) is 54.6 Å². The lowest BCUT2D eigenvalue weighted by Crippen LogP contribution is -2.33. The second-order valence-electron chi connectivity index (χ2n) is 5.95. The molecule has 0 aromatic heterocycles. The lowest BCUT2D eigenvalue weighted by Gasteiger charge is -2.23. The third kappa shape index (κ3) is 2.61. The summed E-state index contributed by atoms with van der Waals surface area (Å²) in [7, 11) is 0. The molecule has 0 atom stereocenters. The van der Waals surface area contributed by atoms with Crippen LogP contribution >= 0.6 is 0 Å². The maximum Gasteiger partial charge on any atom is 0.239 e. The number of rotatable bonds is 1. The molecule has 1 saturated heterocycles. The smallest absolute Gasteiger partial charge is 0.239 e.